The fraction of sp³-hybridized carbons (Fsp3) is 0.100. The standard InChI is InChI=1S/C20H20N2/c1-15-7-6-10-19(12-15)22(18-8-4-3-5-9-18)20-13-16(2)11-17(21)14-20/h3-14H,21H2,1-2H3/i1D,2D. The van der Waals surface area contributed by atoms with Gasteiger partial charge in [-0.2, -0.15) is 0 Å². The largest absolute Gasteiger partial charge is 0.399 e. The van der Waals surface area contributed by atoms with Crippen LogP contribution in [-0.2, 0) is 0 Å². The number of aryl methyl sites for hydroxylation is 2. The van der Waals surface area contributed by atoms with E-state index in [1.807, 2.05) is 72.8 Å². The molecule has 3 aromatic rings. The zero-order chi connectivity index (χ0) is 16.9. The third kappa shape index (κ3) is 2.96. The third-order valence-corrected chi connectivity index (χ3v) is 3.44. The molecule has 0 aromatic heterocycles. The molecule has 0 saturated heterocycles. The summed E-state index contributed by atoms with van der Waals surface area (Å²) in [7, 11) is 0. The van der Waals surface area contributed by atoms with E-state index in [0.29, 0.717) is 5.69 Å². The van der Waals surface area contributed by atoms with Gasteiger partial charge in [0.15, 0.2) is 0 Å². The molecule has 2 heteroatoms. The highest BCUT2D eigenvalue weighted by molar-refractivity contribution is 5.78. The van der Waals surface area contributed by atoms with Crippen LogP contribution in [0.25, 0.3) is 0 Å². The summed E-state index contributed by atoms with van der Waals surface area (Å²) in [4.78, 5) is 2.11. The van der Waals surface area contributed by atoms with Gasteiger partial charge in [-0.05, 0) is 67.4 Å². The van der Waals surface area contributed by atoms with E-state index in [9.17, 15) is 0 Å². The molecular formula is C20H20N2. The summed E-state index contributed by atoms with van der Waals surface area (Å²) in [5.74, 6) is 0. The van der Waals surface area contributed by atoms with Crippen LogP contribution in [0.3, 0.4) is 0 Å². The fourth-order valence-electron chi connectivity index (χ4n) is 2.55. The van der Waals surface area contributed by atoms with Crippen molar-refractivity contribution in [3.63, 3.8) is 0 Å². The minimum atomic E-state index is 0.188. The first-order valence-electron chi connectivity index (χ1n) is 8.54. The van der Waals surface area contributed by atoms with E-state index in [-0.39, 0.29) is 13.8 Å². The first-order valence-corrected chi connectivity index (χ1v) is 7.13. The number of hydrogen-bond acceptors (Lipinski definition) is 2. The number of nitrogens with two attached hydrogens (primary N) is 1. The fourth-order valence-corrected chi connectivity index (χ4v) is 2.55. The predicted molar refractivity (Wildman–Crippen MR) is 95.0 cm³/mol. The SMILES string of the molecule is [2H]Cc1cccc(N(c2ccccc2)c2cc(N)cc(C[2H])c2)c1. The summed E-state index contributed by atoms with van der Waals surface area (Å²) in [6, 6.07) is 23.7. The zero-order valence-electron chi connectivity index (χ0n) is 14.4. The Hall–Kier alpha value is -2.74. The molecule has 0 saturated carbocycles. The quantitative estimate of drug-likeness (QED) is 0.658. The number of hydrogen-bond donors (Lipinski definition) is 1. The highest BCUT2D eigenvalue weighted by Crippen LogP contribution is 2.35. The maximum absolute atomic E-state index is 7.65. The number of para-hydroxylation sites is 1. The number of benzene rings is 3. The van der Waals surface area contributed by atoms with Crippen LogP contribution < -0.4 is 10.6 Å². The number of nitrogen functional groups attached to an aromatic ring is 1. The Morgan fingerprint density at radius 1 is 0.727 bits per heavy atom. The van der Waals surface area contributed by atoms with Crippen molar-refractivity contribution in [1.82, 2.24) is 0 Å². The van der Waals surface area contributed by atoms with Gasteiger partial charge in [0.2, 0.25) is 0 Å². The van der Waals surface area contributed by atoms with E-state index in [4.69, 9.17) is 8.48 Å². The second-order valence-electron chi connectivity index (χ2n) is 5.27. The molecule has 22 heavy (non-hydrogen) atoms. The van der Waals surface area contributed by atoms with Crippen LogP contribution in [0.5, 0.6) is 0 Å². The van der Waals surface area contributed by atoms with Crippen LogP contribution in [0.15, 0.2) is 72.8 Å². The Labute approximate surface area is 134 Å². The molecule has 3 rings (SSSR count). The molecule has 0 radical (unpaired) electrons. The first kappa shape index (κ1) is 11.9. The number of anilines is 4. The van der Waals surface area contributed by atoms with Crippen molar-refractivity contribution in [2.24, 2.45) is 0 Å². The van der Waals surface area contributed by atoms with E-state index < -0.39 is 0 Å². The van der Waals surface area contributed by atoms with Gasteiger partial charge >= 0.3 is 0 Å². The molecule has 0 aliphatic carbocycles. The predicted octanol–water partition coefficient (Wildman–Crippen LogP) is 5.36. The number of rotatable bonds is 3. The Kier molecular flexibility index (Phi) is 3.21. The topological polar surface area (TPSA) is 29.3 Å². The summed E-state index contributed by atoms with van der Waals surface area (Å²) < 4.78 is 15.3. The van der Waals surface area contributed by atoms with Crippen molar-refractivity contribution in [3.8, 4) is 0 Å². The highest BCUT2D eigenvalue weighted by Gasteiger charge is 2.12. The van der Waals surface area contributed by atoms with Gasteiger partial charge in [0.05, 0.1) is 0 Å². The second-order valence-corrected chi connectivity index (χ2v) is 5.27. The van der Waals surface area contributed by atoms with Gasteiger partial charge < -0.3 is 10.6 Å². The summed E-state index contributed by atoms with van der Waals surface area (Å²) in [5.41, 5.74) is 11.4. The van der Waals surface area contributed by atoms with Crippen molar-refractivity contribution in [2.75, 3.05) is 10.6 Å². The van der Waals surface area contributed by atoms with Gasteiger partial charge in [-0.1, -0.05) is 30.3 Å². The lowest BCUT2D eigenvalue weighted by atomic mass is 10.1. The van der Waals surface area contributed by atoms with Crippen molar-refractivity contribution in [2.45, 2.75) is 13.8 Å². The molecule has 3 aromatic carbocycles. The van der Waals surface area contributed by atoms with Gasteiger partial charge in [0, 0.05) is 25.5 Å². The second kappa shape index (κ2) is 5.94. The average Bonchev–Trinajstić information content (AvgIpc) is 2.62. The summed E-state index contributed by atoms with van der Waals surface area (Å²) >= 11 is 0. The molecule has 2 nitrogen and oxygen atoms in total. The van der Waals surface area contributed by atoms with Crippen LogP contribution in [0.1, 0.15) is 13.9 Å². The van der Waals surface area contributed by atoms with Crippen molar-refractivity contribution >= 4 is 22.7 Å². The van der Waals surface area contributed by atoms with E-state index in [2.05, 4.69) is 4.90 Å². The van der Waals surface area contributed by atoms with Gasteiger partial charge in [-0.15, -0.1) is 0 Å². The summed E-state index contributed by atoms with van der Waals surface area (Å²) in [6.45, 7) is 0.429. The van der Waals surface area contributed by atoms with Crippen molar-refractivity contribution in [3.05, 3.63) is 83.9 Å². The normalized spacial score (nSPS) is 11.6. The molecular weight excluding hydrogens is 268 g/mol. The van der Waals surface area contributed by atoms with Crippen molar-refractivity contribution in [1.29, 1.82) is 0 Å². The minimum Gasteiger partial charge on any atom is -0.399 e. The molecule has 0 amide bonds. The van der Waals surface area contributed by atoms with Gasteiger partial charge in [-0.25, -0.2) is 0 Å². The summed E-state index contributed by atoms with van der Waals surface area (Å²) in [5, 5.41) is 0. The third-order valence-electron chi connectivity index (χ3n) is 3.44. The Morgan fingerprint density at radius 3 is 2.23 bits per heavy atom. The summed E-state index contributed by atoms with van der Waals surface area (Å²) in [6.07, 6.45) is 0. The lowest BCUT2D eigenvalue weighted by Gasteiger charge is -2.26. The molecule has 0 aliphatic heterocycles. The molecule has 0 bridgehead atoms. The first-order chi connectivity index (χ1) is 11.7. The Balaban J connectivity index is 2.17. The van der Waals surface area contributed by atoms with E-state index >= 15 is 0 Å². The van der Waals surface area contributed by atoms with Crippen LogP contribution in [0.4, 0.5) is 22.7 Å². The van der Waals surface area contributed by atoms with Crippen LogP contribution in [-0.4, -0.2) is 0 Å². The molecule has 0 fully saturated rings. The average molecular weight is 290 g/mol. The Morgan fingerprint density at radius 2 is 1.45 bits per heavy atom. The lowest BCUT2D eigenvalue weighted by molar-refractivity contribution is 1.26. The lowest BCUT2D eigenvalue weighted by Crippen LogP contribution is -2.10. The molecule has 2 N–H and O–H groups in total. The molecule has 0 unspecified atom stereocenters. The Bertz CT molecular complexity index is 819. The smallest absolute Gasteiger partial charge is 0.0484 e. The van der Waals surface area contributed by atoms with Crippen LogP contribution in [0, 0.1) is 13.8 Å². The van der Waals surface area contributed by atoms with Gasteiger partial charge in [0.1, 0.15) is 0 Å². The zero-order valence-corrected chi connectivity index (χ0v) is 12.4. The molecule has 0 spiro atoms. The molecule has 0 aliphatic rings. The maximum atomic E-state index is 7.65. The number of nitrogens with zero attached hydrogens (tertiary/aromatic N) is 1. The van der Waals surface area contributed by atoms with Gasteiger partial charge in [0.25, 0.3) is 0 Å². The van der Waals surface area contributed by atoms with Crippen LogP contribution >= 0.6 is 0 Å². The maximum Gasteiger partial charge on any atom is 0.0484 e. The minimum absolute atomic E-state index is 0.188. The van der Waals surface area contributed by atoms with E-state index in [1.54, 1.807) is 0 Å². The monoisotopic (exact) mass is 290 g/mol. The van der Waals surface area contributed by atoms with E-state index in [0.717, 1.165) is 28.2 Å². The van der Waals surface area contributed by atoms with Crippen molar-refractivity contribution < 1.29 is 2.74 Å². The molecule has 0 heterocycles. The molecule has 0 atom stereocenters. The van der Waals surface area contributed by atoms with E-state index in [1.165, 1.54) is 0 Å². The molecule has 110 valence electrons. The highest BCUT2D eigenvalue weighted by atomic mass is 15.1. The van der Waals surface area contributed by atoms with Gasteiger partial charge in [-0.3, -0.25) is 0 Å². The van der Waals surface area contributed by atoms with Crippen LogP contribution in [0.2, 0.25) is 0 Å².